The molecule has 0 aromatic rings. The third-order valence-corrected chi connectivity index (χ3v) is 1.47. The summed E-state index contributed by atoms with van der Waals surface area (Å²) in [6.45, 7) is 0.134. The third-order valence-electron chi connectivity index (χ3n) is 1.09. The van der Waals surface area contributed by atoms with E-state index in [9.17, 15) is 0 Å². The first-order valence-corrected chi connectivity index (χ1v) is 2.77. The fraction of sp³-hybridized carbons (Fsp3) is 1.00. The number of ether oxygens (including phenoxy) is 1. The Morgan fingerprint density at radius 3 is 2.25 bits per heavy atom. The van der Waals surface area contributed by atoms with E-state index in [4.69, 9.17) is 21.8 Å². The predicted molar refractivity (Wildman–Crippen MR) is 27.6 cm³/mol. The summed E-state index contributed by atoms with van der Waals surface area (Å²) in [4.78, 5) is 0. The van der Waals surface area contributed by atoms with E-state index in [2.05, 4.69) is 4.74 Å². The van der Waals surface area contributed by atoms with E-state index in [1.54, 1.807) is 0 Å². The number of hydrogen-bond donors (Lipinski definition) is 2. The van der Waals surface area contributed by atoms with Gasteiger partial charge in [0.1, 0.15) is 12.2 Å². The Bertz CT molecular complexity index is 77.4. The fourth-order valence-corrected chi connectivity index (χ4v) is 0.803. The van der Waals surface area contributed by atoms with Crippen molar-refractivity contribution >= 4 is 11.6 Å². The molecule has 0 aromatic heterocycles. The van der Waals surface area contributed by atoms with Crippen LogP contribution in [0.15, 0.2) is 0 Å². The highest BCUT2D eigenvalue weighted by Crippen LogP contribution is 2.16. The monoisotopic (exact) mass is 138 g/mol. The molecular weight excluding hydrogens is 131 g/mol. The van der Waals surface area contributed by atoms with Crippen LogP contribution in [-0.4, -0.2) is 34.6 Å². The van der Waals surface area contributed by atoms with Gasteiger partial charge in [0.2, 0.25) is 0 Å². The second-order valence-corrected chi connectivity index (χ2v) is 2.17. The first-order valence-electron chi connectivity index (χ1n) is 2.33. The summed E-state index contributed by atoms with van der Waals surface area (Å²) in [6.07, 6.45) is -1.73. The lowest BCUT2D eigenvalue weighted by atomic mass is 10.3. The van der Waals surface area contributed by atoms with E-state index in [1.165, 1.54) is 0 Å². The van der Waals surface area contributed by atoms with Crippen LogP contribution in [0.25, 0.3) is 0 Å². The largest absolute Gasteiger partial charge is 0.388 e. The molecule has 0 radical (unpaired) electrons. The smallest absolute Gasteiger partial charge is 0.159 e. The first-order chi connectivity index (χ1) is 3.72. The van der Waals surface area contributed by atoms with Crippen molar-refractivity contribution in [2.24, 2.45) is 0 Å². The van der Waals surface area contributed by atoms with Gasteiger partial charge in [0.25, 0.3) is 0 Å². The van der Waals surface area contributed by atoms with Crippen molar-refractivity contribution in [1.29, 1.82) is 0 Å². The van der Waals surface area contributed by atoms with E-state index in [0.717, 1.165) is 0 Å². The molecule has 1 rings (SSSR count). The quantitative estimate of drug-likeness (QED) is 0.436. The van der Waals surface area contributed by atoms with Gasteiger partial charge in [-0.3, -0.25) is 0 Å². The minimum atomic E-state index is -0.920. The molecular formula is C4H7ClO3. The highest BCUT2D eigenvalue weighted by atomic mass is 35.5. The Labute approximate surface area is 51.8 Å². The molecule has 0 unspecified atom stereocenters. The summed E-state index contributed by atoms with van der Waals surface area (Å²) in [5, 5.41) is 17.5. The standard InChI is InChI=1S/C4H7ClO3/c5-4-3(7)2(6)1-8-4/h2-4,6-7H,1H2/t2-,3-,4-/m1/s1. The van der Waals surface area contributed by atoms with Crippen LogP contribution >= 0.6 is 11.6 Å². The van der Waals surface area contributed by atoms with Crippen LogP contribution in [0, 0.1) is 0 Å². The van der Waals surface area contributed by atoms with Crippen molar-refractivity contribution in [2.75, 3.05) is 6.61 Å². The third kappa shape index (κ3) is 0.951. The van der Waals surface area contributed by atoms with Gasteiger partial charge in [-0.25, -0.2) is 0 Å². The average Bonchev–Trinajstić information content (AvgIpc) is 1.98. The minimum absolute atomic E-state index is 0.134. The molecule has 1 fully saturated rings. The Morgan fingerprint density at radius 1 is 1.50 bits per heavy atom. The van der Waals surface area contributed by atoms with Crippen molar-refractivity contribution in [3.63, 3.8) is 0 Å². The van der Waals surface area contributed by atoms with Crippen molar-refractivity contribution in [2.45, 2.75) is 17.8 Å². The second-order valence-electron chi connectivity index (χ2n) is 1.74. The summed E-state index contributed by atoms with van der Waals surface area (Å²) in [5.74, 6) is 0. The van der Waals surface area contributed by atoms with Gasteiger partial charge in [0, 0.05) is 0 Å². The van der Waals surface area contributed by atoms with Gasteiger partial charge in [-0.1, -0.05) is 11.6 Å². The van der Waals surface area contributed by atoms with Gasteiger partial charge in [-0.2, -0.15) is 0 Å². The van der Waals surface area contributed by atoms with Gasteiger partial charge < -0.3 is 14.9 Å². The zero-order valence-electron chi connectivity index (χ0n) is 4.12. The van der Waals surface area contributed by atoms with Crippen LogP contribution in [0.4, 0.5) is 0 Å². The molecule has 0 amide bonds. The summed E-state index contributed by atoms with van der Waals surface area (Å²) < 4.78 is 4.64. The lowest BCUT2D eigenvalue weighted by molar-refractivity contribution is 0.0503. The maximum atomic E-state index is 8.76. The summed E-state index contributed by atoms with van der Waals surface area (Å²) in [7, 11) is 0. The van der Waals surface area contributed by atoms with E-state index in [0.29, 0.717) is 0 Å². The lowest BCUT2D eigenvalue weighted by Crippen LogP contribution is -2.26. The van der Waals surface area contributed by atoms with Gasteiger partial charge in [0.05, 0.1) is 6.61 Å². The molecule has 3 nitrogen and oxygen atoms in total. The lowest BCUT2D eigenvalue weighted by Gasteiger charge is -2.05. The number of alkyl halides is 1. The first kappa shape index (κ1) is 6.29. The van der Waals surface area contributed by atoms with Gasteiger partial charge in [-0.15, -0.1) is 0 Å². The van der Waals surface area contributed by atoms with E-state index in [-0.39, 0.29) is 6.61 Å². The average molecular weight is 139 g/mol. The molecule has 0 spiro atoms. The summed E-state index contributed by atoms with van der Waals surface area (Å²) in [5.41, 5.74) is -0.731. The molecule has 1 saturated heterocycles. The van der Waals surface area contributed by atoms with Crippen molar-refractivity contribution in [1.82, 2.24) is 0 Å². The van der Waals surface area contributed by atoms with Crippen LogP contribution in [0.5, 0.6) is 0 Å². The Hall–Kier alpha value is 0.170. The Kier molecular flexibility index (Phi) is 1.72. The zero-order valence-corrected chi connectivity index (χ0v) is 4.88. The summed E-state index contributed by atoms with van der Waals surface area (Å²) >= 11 is 5.33. The maximum Gasteiger partial charge on any atom is 0.159 e. The number of aliphatic hydroxyl groups is 2. The Morgan fingerprint density at radius 2 is 2.12 bits per heavy atom. The topological polar surface area (TPSA) is 49.7 Å². The highest BCUT2D eigenvalue weighted by molar-refractivity contribution is 6.20. The molecule has 1 aliphatic rings. The SMILES string of the molecule is O[C@@H]1[C@H](O)CO[C@H]1Cl. The molecule has 3 atom stereocenters. The predicted octanol–water partition coefficient (Wildman–Crippen LogP) is -0.697. The molecule has 0 saturated carbocycles. The second kappa shape index (κ2) is 2.19. The van der Waals surface area contributed by atoms with Crippen LogP contribution in [-0.2, 0) is 4.74 Å². The van der Waals surface area contributed by atoms with E-state index < -0.39 is 17.8 Å². The number of aliphatic hydroxyl groups excluding tert-OH is 2. The van der Waals surface area contributed by atoms with Crippen molar-refractivity contribution < 1.29 is 14.9 Å². The molecule has 0 aromatic carbocycles. The number of hydrogen-bond acceptors (Lipinski definition) is 3. The summed E-state index contributed by atoms with van der Waals surface area (Å²) in [6, 6.07) is 0. The Balaban J connectivity index is 2.44. The van der Waals surface area contributed by atoms with Crippen molar-refractivity contribution in [3.05, 3.63) is 0 Å². The van der Waals surface area contributed by atoms with E-state index in [1.807, 2.05) is 0 Å². The maximum absolute atomic E-state index is 8.76. The molecule has 1 aliphatic heterocycles. The van der Waals surface area contributed by atoms with Crippen LogP contribution in [0.2, 0.25) is 0 Å². The molecule has 4 heteroatoms. The minimum Gasteiger partial charge on any atom is -0.388 e. The van der Waals surface area contributed by atoms with Gasteiger partial charge >= 0.3 is 0 Å². The van der Waals surface area contributed by atoms with Gasteiger partial charge in [-0.05, 0) is 0 Å². The molecule has 0 aliphatic carbocycles. The molecule has 8 heavy (non-hydrogen) atoms. The molecule has 48 valence electrons. The number of rotatable bonds is 0. The van der Waals surface area contributed by atoms with Crippen LogP contribution in [0.1, 0.15) is 0 Å². The number of halogens is 1. The zero-order chi connectivity index (χ0) is 6.15. The van der Waals surface area contributed by atoms with Crippen LogP contribution < -0.4 is 0 Å². The van der Waals surface area contributed by atoms with Gasteiger partial charge in [0.15, 0.2) is 5.56 Å². The normalized spacial score (nSPS) is 47.6. The highest BCUT2D eigenvalue weighted by Gasteiger charge is 2.32. The van der Waals surface area contributed by atoms with Crippen LogP contribution in [0.3, 0.4) is 0 Å². The molecule has 2 N–H and O–H groups in total. The van der Waals surface area contributed by atoms with Crippen molar-refractivity contribution in [3.8, 4) is 0 Å². The molecule has 1 heterocycles. The molecule has 0 bridgehead atoms. The fourth-order valence-electron chi connectivity index (χ4n) is 0.562. The van der Waals surface area contributed by atoms with E-state index >= 15 is 0 Å².